The number of nitrogens with zero attached hydrogens (tertiary/aromatic N) is 1. The van der Waals surface area contributed by atoms with Crippen molar-refractivity contribution in [2.24, 2.45) is 0 Å². The fourth-order valence-corrected chi connectivity index (χ4v) is 2.75. The van der Waals surface area contributed by atoms with Crippen LogP contribution in [0.2, 0.25) is 0 Å². The van der Waals surface area contributed by atoms with Gasteiger partial charge in [-0.2, -0.15) is 0 Å². The number of amides is 1. The molecule has 7 heteroatoms. The molecule has 4 nitrogen and oxygen atoms in total. The van der Waals surface area contributed by atoms with Gasteiger partial charge in [0.25, 0.3) is 0 Å². The van der Waals surface area contributed by atoms with Gasteiger partial charge in [0.05, 0.1) is 11.0 Å². The van der Waals surface area contributed by atoms with Crippen molar-refractivity contribution in [2.75, 3.05) is 13.1 Å². The lowest BCUT2D eigenvalue weighted by molar-refractivity contribution is -0.124. The minimum Gasteiger partial charge on any atom is -0.444 e. The van der Waals surface area contributed by atoms with E-state index in [0.717, 1.165) is 0 Å². The maximum atomic E-state index is 14.0. The number of hydrogen-bond donors (Lipinski definition) is 0. The Morgan fingerprint density at radius 1 is 1.30 bits per heavy atom. The van der Waals surface area contributed by atoms with Gasteiger partial charge in [-0.05, 0) is 49.2 Å². The number of carbonyl (C=O) groups is 2. The number of benzene rings is 1. The van der Waals surface area contributed by atoms with Crippen molar-refractivity contribution in [2.45, 2.75) is 38.7 Å². The van der Waals surface area contributed by atoms with Crippen molar-refractivity contribution < 1.29 is 23.1 Å². The summed E-state index contributed by atoms with van der Waals surface area (Å²) >= 11 is 2.91. The number of piperidine rings is 1. The van der Waals surface area contributed by atoms with Crippen LogP contribution in [-0.4, -0.2) is 35.5 Å². The van der Waals surface area contributed by atoms with Crippen LogP contribution in [0.3, 0.4) is 0 Å². The van der Waals surface area contributed by atoms with Gasteiger partial charge in [0.2, 0.25) is 0 Å². The van der Waals surface area contributed by atoms with Crippen molar-refractivity contribution in [1.29, 1.82) is 0 Å². The minimum atomic E-state index is -1.02. The molecule has 1 aromatic carbocycles. The highest BCUT2D eigenvalue weighted by Crippen LogP contribution is 2.31. The predicted molar refractivity (Wildman–Crippen MR) is 84.2 cm³/mol. The Balaban J connectivity index is 2.12. The molecule has 1 unspecified atom stereocenters. The Bertz CT molecular complexity index is 643. The number of halogens is 3. The van der Waals surface area contributed by atoms with Gasteiger partial charge in [-0.1, -0.05) is 6.07 Å². The molecule has 1 heterocycles. The average Bonchev–Trinajstić information content (AvgIpc) is 2.44. The van der Waals surface area contributed by atoms with E-state index in [-0.39, 0.29) is 35.3 Å². The normalized spacial score (nSPS) is 19.0. The van der Waals surface area contributed by atoms with Crippen LogP contribution in [0.4, 0.5) is 13.6 Å². The summed E-state index contributed by atoms with van der Waals surface area (Å²) in [7, 11) is 0. The smallest absolute Gasteiger partial charge is 0.410 e. The average molecular weight is 390 g/mol. The summed E-state index contributed by atoms with van der Waals surface area (Å²) < 4.78 is 32.9. The monoisotopic (exact) mass is 389 g/mol. The van der Waals surface area contributed by atoms with Gasteiger partial charge in [-0.25, -0.2) is 13.6 Å². The van der Waals surface area contributed by atoms with Crippen molar-refractivity contribution in [1.82, 2.24) is 4.90 Å². The van der Waals surface area contributed by atoms with Crippen molar-refractivity contribution in [3.05, 3.63) is 33.8 Å². The van der Waals surface area contributed by atoms with Crippen LogP contribution in [-0.2, 0) is 9.53 Å². The molecule has 1 aliphatic rings. The Hall–Kier alpha value is -1.50. The summed E-state index contributed by atoms with van der Waals surface area (Å²) in [6, 6.07) is 2.77. The van der Waals surface area contributed by atoms with Crippen molar-refractivity contribution in [3.8, 4) is 0 Å². The Morgan fingerprint density at radius 2 is 1.96 bits per heavy atom. The van der Waals surface area contributed by atoms with E-state index in [1.54, 1.807) is 20.8 Å². The van der Waals surface area contributed by atoms with Crippen LogP contribution in [0, 0.1) is 11.6 Å². The standard InChI is InChI=1S/C16H18BrF2NO3/c1-16(2,3)23-15(22)20-7-6-9(12(21)8-20)10-4-5-11(17)14(19)13(10)18/h4-5,9H,6-8H2,1-3H3. The molecule has 1 amide bonds. The molecule has 0 spiro atoms. The van der Waals surface area contributed by atoms with Crippen LogP contribution in [0.25, 0.3) is 0 Å². The molecule has 1 fully saturated rings. The van der Waals surface area contributed by atoms with Crippen molar-refractivity contribution >= 4 is 27.8 Å². The predicted octanol–water partition coefficient (Wildman–Crippen LogP) is 4.02. The third-order valence-electron chi connectivity index (χ3n) is 3.52. The van der Waals surface area contributed by atoms with Gasteiger partial charge in [0, 0.05) is 18.0 Å². The van der Waals surface area contributed by atoms with Gasteiger partial charge in [-0.15, -0.1) is 0 Å². The van der Waals surface area contributed by atoms with Crippen molar-refractivity contribution in [3.63, 3.8) is 0 Å². The van der Waals surface area contributed by atoms with Gasteiger partial charge >= 0.3 is 6.09 Å². The molecular weight excluding hydrogens is 372 g/mol. The molecular formula is C16H18BrF2NO3. The first-order valence-corrected chi connectivity index (χ1v) is 8.03. The van der Waals surface area contributed by atoms with E-state index in [4.69, 9.17) is 4.74 Å². The Labute approximate surface area is 141 Å². The summed E-state index contributed by atoms with van der Waals surface area (Å²) in [4.78, 5) is 25.5. The number of ketones is 1. The molecule has 0 N–H and O–H groups in total. The van der Waals surface area contributed by atoms with E-state index in [1.165, 1.54) is 17.0 Å². The van der Waals surface area contributed by atoms with Crippen LogP contribution in [0.1, 0.15) is 38.7 Å². The van der Waals surface area contributed by atoms with Gasteiger partial charge < -0.3 is 9.64 Å². The van der Waals surface area contributed by atoms with Crippen LogP contribution in [0.5, 0.6) is 0 Å². The second kappa shape index (κ2) is 6.55. The van der Waals surface area contributed by atoms with Crippen LogP contribution < -0.4 is 0 Å². The number of carbonyl (C=O) groups excluding carboxylic acids is 2. The van der Waals surface area contributed by atoms with Gasteiger partial charge in [0.1, 0.15) is 5.60 Å². The van der Waals surface area contributed by atoms with E-state index in [1.807, 2.05) is 0 Å². The third-order valence-corrected chi connectivity index (χ3v) is 4.13. The topological polar surface area (TPSA) is 46.6 Å². The second-order valence-corrected chi connectivity index (χ2v) is 7.33. The molecule has 2 rings (SSSR count). The molecule has 1 aromatic rings. The molecule has 1 atom stereocenters. The van der Waals surface area contributed by atoms with Crippen LogP contribution in [0.15, 0.2) is 16.6 Å². The third kappa shape index (κ3) is 4.07. The first-order chi connectivity index (χ1) is 10.6. The highest BCUT2D eigenvalue weighted by molar-refractivity contribution is 9.10. The Kier molecular flexibility index (Phi) is 5.08. The van der Waals surface area contributed by atoms with E-state index < -0.39 is 29.2 Å². The molecule has 0 aromatic heterocycles. The number of hydrogen-bond acceptors (Lipinski definition) is 3. The van der Waals surface area contributed by atoms with E-state index >= 15 is 0 Å². The minimum absolute atomic E-state index is 0.0115. The van der Waals surface area contributed by atoms with Gasteiger partial charge in [0.15, 0.2) is 17.4 Å². The van der Waals surface area contributed by atoms with E-state index in [9.17, 15) is 18.4 Å². The summed E-state index contributed by atoms with van der Waals surface area (Å²) in [5.74, 6) is -3.12. The fraction of sp³-hybridized carbons (Fsp3) is 0.500. The number of likely N-dealkylation sites (tertiary alicyclic amines) is 1. The first-order valence-electron chi connectivity index (χ1n) is 7.24. The molecule has 23 heavy (non-hydrogen) atoms. The van der Waals surface area contributed by atoms with E-state index in [0.29, 0.717) is 0 Å². The lowest BCUT2D eigenvalue weighted by Crippen LogP contribution is -2.45. The lowest BCUT2D eigenvalue weighted by Gasteiger charge is -2.32. The zero-order valence-corrected chi connectivity index (χ0v) is 14.7. The van der Waals surface area contributed by atoms with E-state index in [2.05, 4.69) is 15.9 Å². The Morgan fingerprint density at radius 3 is 2.52 bits per heavy atom. The number of rotatable bonds is 1. The number of Topliss-reactive ketones (excluding diaryl/α,β-unsaturated/α-hetero) is 1. The molecule has 1 saturated heterocycles. The second-order valence-electron chi connectivity index (χ2n) is 6.47. The summed E-state index contributed by atoms with van der Waals surface area (Å²) in [6.45, 7) is 5.29. The lowest BCUT2D eigenvalue weighted by atomic mass is 9.88. The van der Waals surface area contributed by atoms with Crippen LogP contribution >= 0.6 is 15.9 Å². The zero-order chi connectivity index (χ0) is 17.4. The molecule has 0 bridgehead atoms. The highest BCUT2D eigenvalue weighted by Gasteiger charge is 2.34. The fourth-order valence-electron chi connectivity index (χ4n) is 2.44. The zero-order valence-electron chi connectivity index (χ0n) is 13.2. The summed E-state index contributed by atoms with van der Waals surface area (Å²) in [5, 5.41) is 0. The first kappa shape index (κ1) is 17.8. The maximum absolute atomic E-state index is 14.0. The summed E-state index contributed by atoms with van der Waals surface area (Å²) in [5.41, 5.74) is -0.627. The largest absolute Gasteiger partial charge is 0.444 e. The molecule has 126 valence electrons. The number of ether oxygens (including phenoxy) is 1. The highest BCUT2D eigenvalue weighted by atomic mass is 79.9. The quantitative estimate of drug-likeness (QED) is 0.681. The molecule has 0 saturated carbocycles. The van der Waals surface area contributed by atoms with Gasteiger partial charge in [-0.3, -0.25) is 4.79 Å². The molecule has 0 aliphatic carbocycles. The summed E-state index contributed by atoms with van der Waals surface area (Å²) in [6.07, 6.45) is -0.345. The SMILES string of the molecule is CC(C)(C)OC(=O)N1CCC(c2ccc(Br)c(F)c2F)C(=O)C1. The molecule has 1 aliphatic heterocycles. The maximum Gasteiger partial charge on any atom is 0.410 e. The molecule has 0 radical (unpaired) electrons.